The summed E-state index contributed by atoms with van der Waals surface area (Å²) >= 11 is 0. The second kappa shape index (κ2) is 4.29. The van der Waals surface area contributed by atoms with Crippen molar-refractivity contribution in [2.75, 3.05) is 0 Å². The maximum Gasteiger partial charge on any atom is 0.348 e. The number of hydrogen-bond donors (Lipinski definition) is 1. The molecule has 0 aliphatic rings. The molecular weight excluding hydrogens is 194 g/mol. The Morgan fingerprint density at radius 3 is 2.60 bits per heavy atom. The van der Waals surface area contributed by atoms with Crippen LogP contribution in [0.5, 0.6) is 5.75 Å². The zero-order valence-corrected chi connectivity index (χ0v) is 9.37. The largest absolute Gasteiger partial charge is 0.507 e. The summed E-state index contributed by atoms with van der Waals surface area (Å²) in [6.07, 6.45) is 0. The molecule has 1 aromatic rings. The summed E-state index contributed by atoms with van der Waals surface area (Å²) in [5.74, 6) is 0.309. The molecule has 0 aliphatic carbocycles. The van der Waals surface area contributed by atoms with Crippen molar-refractivity contribution >= 4 is 5.71 Å². The quantitative estimate of drug-likeness (QED) is 0.756. The molecule has 0 fully saturated rings. The van der Waals surface area contributed by atoms with E-state index in [1.54, 1.807) is 13.8 Å². The normalized spacial score (nSPS) is 12.2. The van der Waals surface area contributed by atoms with Crippen LogP contribution in [0.4, 0.5) is 0 Å². The van der Waals surface area contributed by atoms with Gasteiger partial charge in [-0.15, -0.1) is 0 Å². The topological polar surface area (TPSA) is 62.8 Å². The third-order valence-corrected chi connectivity index (χ3v) is 1.87. The minimum Gasteiger partial charge on any atom is -0.507 e. The molecule has 0 atom stereocenters. The first-order valence-electron chi connectivity index (χ1n) is 4.80. The Labute approximate surface area is 88.3 Å². The van der Waals surface area contributed by atoms with E-state index in [0.29, 0.717) is 11.5 Å². The highest BCUT2D eigenvalue weighted by Gasteiger charge is 2.12. The van der Waals surface area contributed by atoms with Gasteiger partial charge < -0.3 is 9.52 Å². The maximum absolute atomic E-state index is 11.5. The summed E-state index contributed by atoms with van der Waals surface area (Å²) in [5, 5.41) is 9.61. The Morgan fingerprint density at radius 2 is 2.13 bits per heavy atom. The molecule has 0 bridgehead atoms. The van der Waals surface area contributed by atoms with Crippen LogP contribution in [0.2, 0.25) is 0 Å². The Hall–Kier alpha value is -1.58. The van der Waals surface area contributed by atoms with Crippen molar-refractivity contribution in [1.82, 2.24) is 0 Å². The highest BCUT2D eigenvalue weighted by atomic mass is 16.4. The number of hydrogen-bond acceptors (Lipinski definition) is 4. The monoisotopic (exact) mass is 209 g/mol. The van der Waals surface area contributed by atoms with E-state index in [1.807, 2.05) is 13.8 Å². The number of aromatic hydroxyl groups is 1. The summed E-state index contributed by atoms with van der Waals surface area (Å²) in [7, 11) is 0. The van der Waals surface area contributed by atoms with Gasteiger partial charge in [-0.1, -0.05) is 0 Å². The number of rotatable bonds is 2. The van der Waals surface area contributed by atoms with Gasteiger partial charge in [-0.2, -0.15) is 0 Å². The van der Waals surface area contributed by atoms with E-state index in [1.165, 1.54) is 6.07 Å². The fourth-order valence-corrected chi connectivity index (χ4v) is 1.38. The summed E-state index contributed by atoms with van der Waals surface area (Å²) < 4.78 is 4.90. The molecule has 1 aromatic heterocycles. The van der Waals surface area contributed by atoms with Gasteiger partial charge in [0.15, 0.2) is 0 Å². The average Bonchev–Trinajstić information content (AvgIpc) is 1.99. The van der Waals surface area contributed by atoms with Crippen molar-refractivity contribution in [3.8, 4) is 5.75 Å². The van der Waals surface area contributed by atoms with Crippen LogP contribution in [0.1, 0.15) is 32.1 Å². The van der Waals surface area contributed by atoms with E-state index in [4.69, 9.17) is 4.42 Å². The first kappa shape index (κ1) is 11.5. The van der Waals surface area contributed by atoms with Gasteiger partial charge in [0.1, 0.15) is 17.1 Å². The van der Waals surface area contributed by atoms with Crippen molar-refractivity contribution in [2.45, 2.75) is 33.7 Å². The third-order valence-electron chi connectivity index (χ3n) is 1.87. The Kier molecular flexibility index (Phi) is 3.29. The van der Waals surface area contributed by atoms with E-state index in [-0.39, 0.29) is 17.4 Å². The standard InChI is InChI=1S/C11H15NO3/c1-6(2)12-8(4)10-9(13)5-7(3)15-11(10)14/h5-6,13H,1-4H3. The lowest BCUT2D eigenvalue weighted by atomic mass is 10.1. The molecule has 1 N–H and O–H groups in total. The lowest BCUT2D eigenvalue weighted by Crippen LogP contribution is -2.14. The molecule has 82 valence electrons. The Balaban J connectivity index is 3.33. The molecule has 4 heteroatoms. The molecule has 0 unspecified atom stereocenters. The van der Waals surface area contributed by atoms with Gasteiger partial charge in [0.2, 0.25) is 0 Å². The van der Waals surface area contributed by atoms with Crippen LogP contribution in [-0.2, 0) is 0 Å². The molecule has 4 nitrogen and oxygen atoms in total. The maximum atomic E-state index is 11.5. The zero-order valence-electron chi connectivity index (χ0n) is 9.37. The van der Waals surface area contributed by atoms with Gasteiger partial charge >= 0.3 is 5.63 Å². The predicted molar refractivity (Wildman–Crippen MR) is 58.7 cm³/mol. The first-order valence-corrected chi connectivity index (χ1v) is 4.80. The molecule has 0 radical (unpaired) electrons. The van der Waals surface area contributed by atoms with Crippen molar-refractivity contribution in [3.63, 3.8) is 0 Å². The minimum absolute atomic E-state index is 0.0742. The zero-order chi connectivity index (χ0) is 11.6. The van der Waals surface area contributed by atoms with Gasteiger partial charge in [-0.3, -0.25) is 4.99 Å². The number of aliphatic imine (C=N–C) groups is 1. The van der Waals surface area contributed by atoms with Gasteiger partial charge in [-0.05, 0) is 27.7 Å². The lowest BCUT2D eigenvalue weighted by Gasteiger charge is -2.04. The van der Waals surface area contributed by atoms with Gasteiger partial charge in [0.05, 0.1) is 5.71 Å². The van der Waals surface area contributed by atoms with Gasteiger partial charge in [-0.25, -0.2) is 4.79 Å². The minimum atomic E-state index is -0.547. The molecule has 0 saturated carbocycles. The number of nitrogens with zero attached hydrogens (tertiary/aromatic N) is 1. The number of aryl methyl sites for hydroxylation is 1. The molecule has 0 aliphatic heterocycles. The highest BCUT2D eigenvalue weighted by Crippen LogP contribution is 2.15. The smallest absolute Gasteiger partial charge is 0.348 e. The molecule has 15 heavy (non-hydrogen) atoms. The molecule has 0 saturated heterocycles. The van der Waals surface area contributed by atoms with Crippen LogP contribution in [-0.4, -0.2) is 16.9 Å². The molecule has 0 aromatic carbocycles. The molecular formula is C11H15NO3. The SMILES string of the molecule is CC(=NC(C)C)c1c(O)cc(C)oc1=O. The lowest BCUT2D eigenvalue weighted by molar-refractivity contribution is 0.432. The van der Waals surface area contributed by atoms with Crippen LogP contribution in [0.15, 0.2) is 20.3 Å². The van der Waals surface area contributed by atoms with Crippen molar-refractivity contribution in [1.29, 1.82) is 0 Å². The molecule has 1 rings (SSSR count). The van der Waals surface area contributed by atoms with Crippen LogP contribution in [0.3, 0.4) is 0 Å². The fourth-order valence-electron chi connectivity index (χ4n) is 1.38. The Bertz CT molecular complexity index is 444. The van der Waals surface area contributed by atoms with Crippen LogP contribution < -0.4 is 5.63 Å². The van der Waals surface area contributed by atoms with Gasteiger partial charge in [0.25, 0.3) is 0 Å². The molecule has 1 heterocycles. The van der Waals surface area contributed by atoms with Crippen molar-refractivity contribution in [2.24, 2.45) is 4.99 Å². The second-order valence-corrected chi connectivity index (χ2v) is 3.71. The summed E-state index contributed by atoms with van der Waals surface area (Å²) in [6.45, 7) is 7.09. The first-order chi connectivity index (χ1) is 6.91. The fraction of sp³-hybridized carbons (Fsp3) is 0.455. The van der Waals surface area contributed by atoms with E-state index < -0.39 is 5.63 Å². The van der Waals surface area contributed by atoms with E-state index >= 15 is 0 Å². The van der Waals surface area contributed by atoms with Gasteiger partial charge in [0, 0.05) is 12.1 Å². The molecule has 0 amide bonds. The summed E-state index contributed by atoms with van der Waals surface area (Å²) in [4.78, 5) is 15.7. The molecule has 0 spiro atoms. The van der Waals surface area contributed by atoms with Crippen LogP contribution in [0.25, 0.3) is 0 Å². The Morgan fingerprint density at radius 1 is 1.53 bits per heavy atom. The van der Waals surface area contributed by atoms with E-state index in [0.717, 1.165) is 0 Å². The van der Waals surface area contributed by atoms with Crippen LogP contribution >= 0.6 is 0 Å². The second-order valence-electron chi connectivity index (χ2n) is 3.71. The van der Waals surface area contributed by atoms with Crippen LogP contribution in [0, 0.1) is 6.92 Å². The van der Waals surface area contributed by atoms with Crippen molar-refractivity contribution < 1.29 is 9.52 Å². The van der Waals surface area contributed by atoms with Crippen molar-refractivity contribution in [3.05, 3.63) is 27.8 Å². The highest BCUT2D eigenvalue weighted by molar-refractivity contribution is 6.00. The summed E-state index contributed by atoms with van der Waals surface area (Å²) in [6, 6.07) is 1.49. The average molecular weight is 209 g/mol. The van der Waals surface area contributed by atoms with E-state index in [2.05, 4.69) is 4.99 Å². The third kappa shape index (κ3) is 2.68. The predicted octanol–water partition coefficient (Wildman–Crippen LogP) is 1.87. The summed E-state index contributed by atoms with van der Waals surface area (Å²) in [5.41, 5.74) is 0.0972. The van der Waals surface area contributed by atoms with E-state index in [9.17, 15) is 9.90 Å².